The van der Waals surface area contributed by atoms with E-state index in [9.17, 15) is 39.9 Å². The molecule has 13 heteroatoms. The third-order valence-electron chi connectivity index (χ3n) is 9.65. The molecule has 2 fully saturated rings. The first kappa shape index (κ1) is 32.1. The van der Waals surface area contributed by atoms with Crippen LogP contribution in [0, 0.1) is 0 Å². The number of rotatable bonds is 6. The number of fused-ring (bicyclic) bond motifs is 3. The zero-order valence-corrected chi connectivity index (χ0v) is 25.9. The Morgan fingerprint density at radius 3 is 2.48 bits per heavy atom. The molecule has 246 valence electrons. The first-order valence-electron chi connectivity index (χ1n) is 15.4. The molecule has 6 rings (SSSR count). The number of hydrogen-bond donors (Lipinski definition) is 5. The number of benzene rings is 2. The molecule has 0 bridgehead atoms. The van der Waals surface area contributed by atoms with Crippen molar-refractivity contribution in [1.82, 2.24) is 4.90 Å². The van der Waals surface area contributed by atoms with Crippen molar-refractivity contribution >= 4 is 23.2 Å². The number of phenols is 2. The standard InChI is InChI=1S/C33H38N2O11/c1-15-28(38)19(34-16(2)35-9-4-5-10-35)11-23(45-15)46-21-13-33(43,22(37)14-36)12-18-25(21)32(42)27-26(30(18)40)29(39)17-7-6-8-20(44-3)24(17)31(27)41/h6-8,15,19,21,23,28,36,38,40,42-43H,4-5,9-14H2,1-3H3/t15?,19-,21-,23?,28+,33?/m0/s1. The monoisotopic (exact) mass is 638 g/mol. The fourth-order valence-electron chi connectivity index (χ4n) is 7.18. The Labute approximate surface area is 265 Å². The second-order valence-corrected chi connectivity index (χ2v) is 12.4. The van der Waals surface area contributed by atoms with E-state index in [0.717, 1.165) is 31.8 Å². The quantitative estimate of drug-likeness (QED) is 0.149. The van der Waals surface area contributed by atoms with Crippen LogP contribution in [-0.4, -0.2) is 111 Å². The summed E-state index contributed by atoms with van der Waals surface area (Å²) in [5.41, 5.74) is -3.58. The van der Waals surface area contributed by atoms with Gasteiger partial charge in [0, 0.05) is 49.0 Å². The number of hydrogen-bond acceptors (Lipinski definition) is 12. The van der Waals surface area contributed by atoms with Gasteiger partial charge >= 0.3 is 0 Å². The van der Waals surface area contributed by atoms with Crippen LogP contribution in [0.15, 0.2) is 23.2 Å². The Bertz CT molecular complexity index is 1630. The van der Waals surface area contributed by atoms with Crippen LogP contribution in [0.25, 0.3) is 0 Å². The lowest BCUT2D eigenvalue weighted by atomic mass is 9.72. The van der Waals surface area contributed by atoms with Gasteiger partial charge in [0.15, 0.2) is 17.9 Å². The number of aromatic hydroxyl groups is 2. The molecule has 0 spiro atoms. The molecule has 0 aromatic heterocycles. The van der Waals surface area contributed by atoms with Gasteiger partial charge in [-0.25, -0.2) is 0 Å². The summed E-state index contributed by atoms with van der Waals surface area (Å²) in [6.07, 6.45) is -2.94. The fourth-order valence-corrected chi connectivity index (χ4v) is 7.18. The van der Waals surface area contributed by atoms with Crippen molar-refractivity contribution in [2.24, 2.45) is 4.99 Å². The average molecular weight is 639 g/mol. The predicted octanol–water partition coefficient (Wildman–Crippen LogP) is 1.56. The molecule has 2 aromatic carbocycles. The highest BCUT2D eigenvalue weighted by Crippen LogP contribution is 2.52. The maximum absolute atomic E-state index is 13.9. The second-order valence-electron chi connectivity index (χ2n) is 12.4. The maximum Gasteiger partial charge on any atom is 0.202 e. The largest absolute Gasteiger partial charge is 0.507 e. The van der Waals surface area contributed by atoms with Crippen molar-refractivity contribution < 1.29 is 54.1 Å². The van der Waals surface area contributed by atoms with Gasteiger partial charge in [0.2, 0.25) is 5.78 Å². The zero-order chi connectivity index (χ0) is 33.1. The Morgan fingerprint density at radius 2 is 1.80 bits per heavy atom. The third kappa shape index (κ3) is 5.16. The summed E-state index contributed by atoms with van der Waals surface area (Å²) in [5.74, 6) is -2.94. The molecular weight excluding hydrogens is 600 g/mol. The molecule has 3 unspecified atom stereocenters. The number of likely N-dealkylation sites (tertiary alicyclic amines) is 1. The molecule has 2 heterocycles. The fraction of sp³-hybridized carbons (Fsp3) is 0.515. The van der Waals surface area contributed by atoms with Crippen LogP contribution >= 0.6 is 0 Å². The number of amidine groups is 1. The van der Waals surface area contributed by atoms with Gasteiger partial charge in [-0.3, -0.25) is 19.4 Å². The summed E-state index contributed by atoms with van der Waals surface area (Å²) in [6.45, 7) is 4.25. The number of carbonyl (C=O) groups excluding carboxylic acids is 3. The van der Waals surface area contributed by atoms with E-state index in [-0.39, 0.29) is 34.4 Å². The number of nitrogens with zero attached hydrogens (tertiary/aromatic N) is 2. The number of aliphatic imine (C=N–C) groups is 1. The van der Waals surface area contributed by atoms with Gasteiger partial charge in [0.1, 0.15) is 35.6 Å². The minimum absolute atomic E-state index is 0.0456. The first-order valence-corrected chi connectivity index (χ1v) is 15.4. The van der Waals surface area contributed by atoms with E-state index in [1.807, 2.05) is 6.92 Å². The summed E-state index contributed by atoms with van der Waals surface area (Å²) in [4.78, 5) is 47.3. The highest BCUT2D eigenvalue weighted by Gasteiger charge is 2.50. The van der Waals surface area contributed by atoms with Gasteiger partial charge in [-0.1, -0.05) is 12.1 Å². The highest BCUT2D eigenvalue weighted by molar-refractivity contribution is 6.31. The van der Waals surface area contributed by atoms with Gasteiger partial charge in [-0.15, -0.1) is 0 Å². The number of ether oxygens (including phenoxy) is 3. The molecule has 0 saturated carbocycles. The SMILES string of the molecule is COc1cccc2c1C(=O)c1c(O)c3c(c(O)c1C2=O)CC(O)(C(=O)CO)C[C@@H]3OC1C[C@H](N=C(C)N2CCCC2)[C@H](O)C(C)O1. The van der Waals surface area contributed by atoms with E-state index < -0.39 is 95.7 Å². The minimum atomic E-state index is -2.25. The number of aliphatic hydroxyl groups is 3. The highest BCUT2D eigenvalue weighted by atomic mass is 16.7. The van der Waals surface area contributed by atoms with E-state index in [4.69, 9.17) is 19.2 Å². The van der Waals surface area contributed by atoms with Crippen molar-refractivity contribution in [2.45, 2.75) is 82.2 Å². The van der Waals surface area contributed by atoms with Crippen LogP contribution in [0.3, 0.4) is 0 Å². The lowest BCUT2D eigenvalue weighted by Crippen LogP contribution is -2.50. The molecule has 4 aliphatic rings. The summed E-state index contributed by atoms with van der Waals surface area (Å²) >= 11 is 0. The molecule has 13 nitrogen and oxygen atoms in total. The number of Topliss-reactive ketones (excluding diaryl/α,β-unsaturated/α-hetero) is 1. The third-order valence-corrected chi connectivity index (χ3v) is 9.65. The van der Waals surface area contributed by atoms with Crippen molar-refractivity contribution in [1.29, 1.82) is 0 Å². The summed E-state index contributed by atoms with van der Waals surface area (Å²) in [7, 11) is 1.34. The number of methoxy groups -OCH3 is 1. The number of ketones is 3. The van der Waals surface area contributed by atoms with Crippen LogP contribution in [0.5, 0.6) is 17.2 Å². The van der Waals surface area contributed by atoms with Crippen LogP contribution < -0.4 is 4.74 Å². The van der Waals surface area contributed by atoms with E-state index in [1.165, 1.54) is 25.3 Å². The minimum Gasteiger partial charge on any atom is -0.507 e. The Balaban J connectivity index is 1.43. The molecule has 2 aliphatic carbocycles. The Kier molecular flexibility index (Phi) is 8.40. The number of phenolic OH excluding ortho intramolecular Hbond substituents is 2. The molecule has 46 heavy (non-hydrogen) atoms. The van der Waals surface area contributed by atoms with Crippen LogP contribution in [0.2, 0.25) is 0 Å². The molecule has 2 aromatic rings. The molecule has 0 radical (unpaired) electrons. The Morgan fingerprint density at radius 1 is 1.11 bits per heavy atom. The van der Waals surface area contributed by atoms with Gasteiger partial charge in [0.05, 0.1) is 47.9 Å². The summed E-state index contributed by atoms with van der Waals surface area (Å²) < 4.78 is 17.6. The van der Waals surface area contributed by atoms with Gasteiger partial charge in [-0.05, 0) is 32.8 Å². The van der Waals surface area contributed by atoms with Crippen molar-refractivity contribution in [2.75, 3.05) is 26.8 Å². The normalized spacial score (nSPS) is 29.3. The number of aliphatic hydroxyl groups excluding tert-OH is 2. The molecule has 2 saturated heterocycles. The summed E-state index contributed by atoms with van der Waals surface area (Å²) in [5, 5.41) is 55.3. The van der Waals surface area contributed by atoms with E-state index >= 15 is 0 Å². The van der Waals surface area contributed by atoms with Gasteiger partial charge in [0.25, 0.3) is 0 Å². The maximum atomic E-state index is 13.9. The molecular formula is C33H38N2O11. The zero-order valence-electron chi connectivity index (χ0n) is 25.9. The molecule has 5 N–H and O–H groups in total. The van der Waals surface area contributed by atoms with Crippen LogP contribution in [0.4, 0.5) is 0 Å². The first-order chi connectivity index (χ1) is 21.9. The lowest BCUT2D eigenvalue weighted by molar-refractivity contribution is -0.247. The van der Waals surface area contributed by atoms with Crippen molar-refractivity contribution in [3.63, 3.8) is 0 Å². The van der Waals surface area contributed by atoms with Crippen molar-refractivity contribution in [3.05, 3.63) is 51.6 Å². The lowest BCUT2D eigenvalue weighted by Gasteiger charge is -2.42. The predicted molar refractivity (Wildman–Crippen MR) is 161 cm³/mol. The Hall–Kier alpha value is -3.88. The average Bonchev–Trinajstić information content (AvgIpc) is 3.58. The van der Waals surface area contributed by atoms with Crippen molar-refractivity contribution in [3.8, 4) is 17.2 Å². The molecule has 2 aliphatic heterocycles. The second kappa shape index (κ2) is 12.0. The van der Waals surface area contributed by atoms with Crippen LogP contribution in [0.1, 0.15) is 88.6 Å². The van der Waals surface area contributed by atoms with Crippen LogP contribution in [-0.2, 0) is 20.7 Å². The van der Waals surface area contributed by atoms with E-state index in [0.29, 0.717) is 0 Å². The molecule has 0 amide bonds. The number of carbonyl (C=O) groups is 3. The van der Waals surface area contributed by atoms with Gasteiger partial charge < -0.3 is 44.6 Å². The summed E-state index contributed by atoms with van der Waals surface area (Å²) in [6, 6.07) is 3.79. The van der Waals surface area contributed by atoms with E-state index in [1.54, 1.807) is 6.92 Å². The topological polar surface area (TPSA) is 196 Å². The van der Waals surface area contributed by atoms with E-state index in [2.05, 4.69) is 4.90 Å². The van der Waals surface area contributed by atoms with Gasteiger partial charge in [-0.2, -0.15) is 0 Å². The molecule has 6 atom stereocenters. The smallest absolute Gasteiger partial charge is 0.202 e.